The van der Waals surface area contributed by atoms with Crippen molar-refractivity contribution >= 4 is 18.1 Å². The van der Waals surface area contributed by atoms with Crippen LogP contribution in [0.4, 0.5) is 0 Å². The number of nitrogens with one attached hydrogen (secondary N) is 1. The van der Waals surface area contributed by atoms with Crippen LogP contribution >= 0.6 is 0 Å². The van der Waals surface area contributed by atoms with Gasteiger partial charge in [0.2, 0.25) is 5.91 Å². The third-order valence-electron chi connectivity index (χ3n) is 7.08. The van der Waals surface area contributed by atoms with Crippen molar-refractivity contribution in [1.29, 1.82) is 0 Å². The summed E-state index contributed by atoms with van der Waals surface area (Å²) in [5, 5.41) is 3.15. The lowest BCUT2D eigenvalue weighted by atomic mass is 9.60. The number of carbonyl (C=O) groups is 2. The molecule has 1 amide bonds. The van der Waals surface area contributed by atoms with E-state index < -0.39 is 5.54 Å². The molecule has 162 valence electrons. The summed E-state index contributed by atoms with van der Waals surface area (Å²) in [5.74, 6) is 1.21. The number of benzene rings is 1. The third-order valence-corrected chi connectivity index (χ3v) is 7.08. The first-order valence-electron chi connectivity index (χ1n) is 11.1. The quantitative estimate of drug-likeness (QED) is 0.668. The highest BCUT2D eigenvalue weighted by Gasteiger charge is 2.63. The molecule has 0 radical (unpaired) electrons. The van der Waals surface area contributed by atoms with E-state index in [-0.39, 0.29) is 23.8 Å². The second-order valence-corrected chi connectivity index (χ2v) is 9.47. The van der Waals surface area contributed by atoms with Crippen molar-refractivity contribution in [1.82, 2.24) is 10.2 Å². The number of rotatable bonds is 8. The van der Waals surface area contributed by atoms with E-state index in [1.165, 1.54) is 7.11 Å². The minimum atomic E-state index is -0.779. The van der Waals surface area contributed by atoms with Crippen LogP contribution in [0.5, 0.6) is 0 Å². The first kappa shape index (κ1) is 21.0. The lowest BCUT2D eigenvalue weighted by Gasteiger charge is -2.51. The van der Waals surface area contributed by atoms with E-state index in [0.29, 0.717) is 37.1 Å². The Labute approximate surface area is 179 Å². The standard InChI is InChI=1S/C24H33N3O3/c1-16(2)14-27-15-18-11-24(23(29)25-12-17-7-5-4-6-8-17)20(9-10-21(28)30-3)22(27)19(18)13-26-24/h4-8,13,16,18-20,22H,9-12,14-15H2,1-3H3,(H,25,29). The lowest BCUT2D eigenvalue weighted by molar-refractivity contribution is -0.142. The number of hydrogen-bond acceptors (Lipinski definition) is 5. The molecule has 3 heterocycles. The maximum absolute atomic E-state index is 13.6. The summed E-state index contributed by atoms with van der Waals surface area (Å²) in [6.07, 6.45) is 3.78. The fraction of sp³-hybridized carbons (Fsp3) is 0.625. The van der Waals surface area contributed by atoms with Gasteiger partial charge in [0.1, 0.15) is 5.54 Å². The van der Waals surface area contributed by atoms with Gasteiger partial charge in [-0.3, -0.25) is 19.5 Å². The Bertz CT molecular complexity index is 809. The van der Waals surface area contributed by atoms with Crippen molar-refractivity contribution < 1.29 is 14.3 Å². The summed E-state index contributed by atoms with van der Waals surface area (Å²) in [7, 11) is 1.42. The average Bonchev–Trinajstić information content (AvgIpc) is 3.04. The zero-order valence-corrected chi connectivity index (χ0v) is 18.2. The van der Waals surface area contributed by atoms with E-state index >= 15 is 0 Å². The molecular formula is C24H33N3O3. The monoisotopic (exact) mass is 411 g/mol. The number of methoxy groups -OCH3 is 1. The van der Waals surface area contributed by atoms with Gasteiger partial charge in [-0.15, -0.1) is 0 Å². The van der Waals surface area contributed by atoms with E-state index in [9.17, 15) is 9.59 Å². The van der Waals surface area contributed by atoms with Gasteiger partial charge < -0.3 is 10.1 Å². The summed E-state index contributed by atoms with van der Waals surface area (Å²) < 4.78 is 4.90. The number of amides is 1. The average molecular weight is 412 g/mol. The maximum Gasteiger partial charge on any atom is 0.305 e. The fourth-order valence-electron chi connectivity index (χ4n) is 5.90. The minimum Gasteiger partial charge on any atom is -0.469 e. The maximum atomic E-state index is 13.6. The summed E-state index contributed by atoms with van der Waals surface area (Å²) in [6, 6.07) is 10.2. The minimum absolute atomic E-state index is 0.00276. The molecule has 5 rings (SSSR count). The zero-order valence-electron chi connectivity index (χ0n) is 18.2. The second-order valence-electron chi connectivity index (χ2n) is 9.47. The van der Waals surface area contributed by atoms with E-state index in [2.05, 4.69) is 30.3 Å². The molecular weight excluding hydrogens is 378 g/mol. The molecule has 1 N–H and O–H groups in total. The third kappa shape index (κ3) is 3.78. The molecule has 6 nitrogen and oxygen atoms in total. The van der Waals surface area contributed by atoms with Gasteiger partial charge in [-0.25, -0.2) is 0 Å². The largest absolute Gasteiger partial charge is 0.469 e. The van der Waals surface area contributed by atoms with Crippen molar-refractivity contribution in [3.63, 3.8) is 0 Å². The topological polar surface area (TPSA) is 71.0 Å². The lowest BCUT2D eigenvalue weighted by Crippen LogP contribution is -2.63. The molecule has 1 aromatic carbocycles. The van der Waals surface area contributed by atoms with Gasteiger partial charge in [0.25, 0.3) is 0 Å². The molecule has 1 aromatic rings. The number of likely N-dealkylation sites (tertiary alicyclic amines) is 1. The summed E-state index contributed by atoms with van der Waals surface area (Å²) in [5.41, 5.74) is 0.296. The van der Waals surface area contributed by atoms with Crippen molar-refractivity contribution in [2.75, 3.05) is 20.2 Å². The Morgan fingerprint density at radius 1 is 1.30 bits per heavy atom. The van der Waals surface area contributed by atoms with Gasteiger partial charge in [0.15, 0.2) is 0 Å². The molecule has 2 fully saturated rings. The summed E-state index contributed by atoms with van der Waals surface area (Å²) in [6.45, 7) is 7.00. The molecule has 5 atom stereocenters. The Kier molecular flexibility index (Phi) is 5.96. The molecule has 1 saturated carbocycles. The number of carbonyl (C=O) groups excluding carboxylic acids is 2. The predicted molar refractivity (Wildman–Crippen MR) is 116 cm³/mol. The predicted octanol–water partition coefficient (Wildman–Crippen LogP) is 2.67. The van der Waals surface area contributed by atoms with Gasteiger partial charge in [-0.2, -0.15) is 0 Å². The molecule has 5 unspecified atom stereocenters. The molecule has 3 aliphatic heterocycles. The Morgan fingerprint density at radius 3 is 2.77 bits per heavy atom. The van der Waals surface area contributed by atoms with Gasteiger partial charge >= 0.3 is 5.97 Å². The smallest absolute Gasteiger partial charge is 0.305 e. The highest BCUT2D eigenvalue weighted by molar-refractivity contribution is 5.91. The first-order valence-corrected chi connectivity index (χ1v) is 11.1. The van der Waals surface area contributed by atoms with Crippen LogP contribution in [0.3, 0.4) is 0 Å². The number of aliphatic imine (C=N–C) groups is 1. The number of nitrogens with zero attached hydrogens (tertiary/aromatic N) is 2. The van der Waals surface area contributed by atoms with Crippen molar-refractivity contribution in [3.8, 4) is 0 Å². The zero-order chi connectivity index (χ0) is 21.3. The molecule has 4 bridgehead atoms. The van der Waals surface area contributed by atoms with Crippen LogP contribution in [0.1, 0.15) is 38.7 Å². The molecule has 6 heteroatoms. The van der Waals surface area contributed by atoms with Gasteiger partial charge in [0, 0.05) is 50.1 Å². The van der Waals surface area contributed by atoms with E-state index in [4.69, 9.17) is 9.73 Å². The van der Waals surface area contributed by atoms with Gasteiger partial charge in [0.05, 0.1) is 7.11 Å². The van der Waals surface area contributed by atoms with Gasteiger partial charge in [-0.1, -0.05) is 44.2 Å². The summed E-state index contributed by atoms with van der Waals surface area (Å²) in [4.78, 5) is 32.9. The van der Waals surface area contributed by atoms with Crippen LogP contribution in [0.25, 0.3) is 0 Å². The molecule has 1 saturated heterocycles. The number of hydrogen-bond donors (Lipinski definition) is 1. The van der Waals surface area contributed by atoms with Gasteiger partial charge in [-0.05, 0) is 30.2 Å². The number of esters is 1. The molecule has 4 aliphatic rings. The van der Waals surface area contributed by atoms with Crippen molar-refractivity contribution in [3.05, 3.63) is 35.9 Å². The molecule has 0 spiro atoms. The normalized spacial score (nSPS) is 31.9. The highest BCUT2D eigenvalue weighted by atomic mass is 16.5. The summed E-state index contributed by atoms with van der Waals surface area (Å²) >= 11 is 0. The Hall–Kier alpha value is -2.21. The van der Waals surface area contributed by atoms with E-state index in [1.807, 2.05) is 30.3 Å². The van der Waals surface area contributed by atoms with Crippen LogP contribution in [-0.4, -0.2) is 54.8 Å². The Morgan fingerprint density at radius 2 is 2.07 bits per heavy atom. The van der Waals surface area contributed by atoms with Crippen LogP contribution in [0.15, 0.2) is 35.3 Å². The molecule has 30 heavy (non-hydrogen) atoms. The fourth-order valence-corrected chi connectivity index (χ4v) is 5.90. The first-order chi connectivity index (χ1) is 14.4. The SMILES string of the molecule is COC(=O)CCC1C2C3C=NC1(C(=O)NCc1ccccc1)CC3CN2CC(C)C. The second kappa shape index (κ2) is 8.50. The van der Waals surface area contributed by atoms with Crippen molar-refractivity contribution in [2.24, 2.45) is 28.7 Å². The Balaban J connectivity index is 1.59. The highest BCUT2D eigenvalue weighted by Crippen LogP contribution is 2.54. The van der Waals surface area contributed by atoms with E-state index in [1.54, 1.807) is 0 Å². The van der Waals surface area contributed by atoms with E-state index in [0.717, 1.165) is 25.1 Å². The number of ether oxygens (including phenoxy) is 1. The van der Waals surface area contributed by atoms with Crippen molar-refractivity contribution in [2.45, 2.75) is 51.2 Å². The molecule has 1 aliphatic carbocycles. The molecule has 0 aromatic heterocycles. The van der Waals surface area contributed by atoms with Crippen LogP contribution < -0.4 is 5.32 Å². The van der Waals surface area contributed by atoms with Crippen LogP contribution in [0.2, 0.25) is 0 Å². The van der Waals surface area contributed by atoms with Crippen LogP contribution in [0, 0.1) is 23.7 Å². The van der Waals surface area contributed by atoms with Crippen LogP contribution in [-0.2, 0) is 20.9 Å².